The second-order valence-electron chi connectivity index (χ2n) is 3.84. The molecule has 76 valence electrons. The molecular weight excluding hydrogens is 186 g/mol. The molecule has 1 aromatic rings. The van der Waals surface area contributed by atoms with Gasteiger partial charge in [0.25, 0.3) is 0 Å². The second-order valence-corrected chi connectivity index (χ2v) is 3.84. The van der Waals surface area contributed by atoms with Crippen LogP contribution in [0, 0.1) is 11.6 Å². The topological polar surface area (TPSA) is 20.2 Å². The minimum absolute atomic E-state index is 0.155. The average Bonchev–Trinajstić information content (AvgIpc) is 2.52. The normalized spacial score (nSPS) is 19.9. The Bertz CT molecular complexity index is 323. The molecule has 0 atom stereocenters. The third kappa shape index (κ3) is 1.42. The molecule has 1 nitrogen and oxygen atoms in total. The minimum atomic E-state index is -1.28. The van der Waals surface area contributed by atoms with Crippen molar-refractivity contribution in [3.63, 3.8) is 0 Å². The molecule has 0 saturated heterocycles. The van der Waals surface area contributed by atoms with Crippen molar-refractivity contribution < 1.29 is 13.9 Å². The zero-order valence-electron chi connectivity index (χ0n) is 7.76. The van der Waals surface area contributed by atoms with E-state index in [4.69, 9.17) is 0 Å². The van der Waals surface area contributed by atoms with E-state index >= 15 is 0 Å². The molecule has 0 spiro atoms. The Kier molecular flexibility index (Phi) is 2.27. The van der Waals surface area contributed by atoms with E-state index in [2.05, 4.69) is 0 Å². The van der Waals surface area contributed by atoms with Crippen LogP contribution in [0.25, 0.3) is 0 Å². The monoisotopic (exact) mass is 198 g/mol. The van der Waals surface area contributed by atoms with Crippen LogP contribution in [0.5, 0.6) is 0 Å². The van der Waals surface area contributed by atoms with Crippen LogP contribution in [0.3, 0.4) is 0 Å². The summed E-state index contributed by atoms with van der Waals surface area (Å²) in [4.78, 5) is 0. The molecule has 1 saturated carbocycles. The Balaban J connectivity index is 2.49. The highest BCUT2D eigenvalue weighted by atomic mass is 19.1. The summed E-state index contributed by atoms with van der Waals surface area (Å²) in [7, 11) is 0. The number of aliphatic hydroxyl groups is 1. The molecule has 0 unspecified atom stereocenters. The van der Waals surface area contributed by atoms with Crippen molar-refractivity contribution in [2.75, 3.05) is 0 Å². The fourth-order valence-electron chi connectivity index (χ4n) is 2.15. The van der Waals surface area contributed by atoms with E-state index in [-0.39, 0.29) is 5.56 Å². The zero-order chi connectivity index (χ0) is 10.2. The maximum absolute atomic E-state index is 13.3. The van der Waals surface area contributed by atoms with E-state index in [1.54, 1.807) is 0 Å². The molecule has 0 radical (unpaired) electrons. The van der Waals surface area contributed by atoms with Gasteiger partial charge in [0.1, 0.15) is 11.6 Å². The van der Waals surface area contributed by atoms with Crippen LogP contribution in [-0.2, 0) is 5.60 Å². The van der Waals surface area contributed by atoms with Crippen molar-refractivity contribution in [2.45, 2.75) is 31.3 Å². The molecule has 0 bridgehead atoms. The highest BCUT2D eigenvalue weighted by Crippen LogP contribution is 2.40. The van der Waals surface area contributed by atoms with E-state index in [0.717, 1.165) is 12.8 Å². The van der Waals surface area contributed by atoms with Gasteiger partial charge >= 0.3 is 0 Å². The van der Waals surface area contributed by atoms with Gasteiger partial charge in [-0.1, -0.05) is 18.9 Å². The van der Waals surface area contributed by atoms with Crippen molar-refractivity contribution in [1.29, 1.82) is 0 Å². The molecule has 1 aliphatic rings. The van der Waals surface area contributed by atoms with Crippen LogP contribution < -0.4 is 0 Å². The molecule has 3 heteroatoms. The van der Waals surface area contributed by atoms with Gasteiger partial charge in [-0.3, -0.25) is 0 Å². The third-order valence-electron chi connectivity index (χ3n) is 2.86. The molecule has 0 heterocycles. The fraction of sp³-hybridized carbons (Fsp3) is 0.455. The third-order valence-corrected chi connectivity index (χ3v) is 2.86. The molecule has 1 N–H and O–H groups in total. The van der Waals surface area contributed by atoms with Crippen LogP contribution in [0.4, 0.5) is 8.78 Å². The van der Waals surface area contributed by atoms with Gasteiger partial charge in [-0.2, -0.15) is 0 Å². The van der Waals surface area contributed by atoms with Gasteiger partial charge in [0.05, 0.1) is 11.2 Å². The maximum atomic E-state index is 13.3. The Morgan fingerprint density at radius 3 is 2.07 bits per heavy atom. The molecular formula is C11H12F2O. The largest absolute Gasteiger partial charge is 0.385 e. The first-order valence-electron chi connectivity index (χ1n) is 4.80. The summed E-state index contributed by atoms with van der Waals surface area (Å²) in [6, 6.07) is 3.69. The first kappa shape index (κ1) is 9.59. The predicted octanol–water partition coefficient (Wildman–Crippen LogP) is 2.73. The Hall–Kier alpha value is -0.960. The lowest BCUT2D eigenvalue weighted by Gasteiger charge is -2.23. The quantitative estimate of drug-likeness (QED) is 0.735. The van der Waals surface area contributed by atoms with Crippen molar-refractivity contribution in [3.05, 3.63) is 35.4 Å². The van der Waals surface area contributed by atoms with Crippen molar-refractivity contribution in [1.82, 2.24) is 0 Å². The lowest BCUT2D eigenvalue weighted by molar-refractivity contribution is 0.0368. The SMILES string of the molecule is OC1(c2c(F)cccc2F)CCCC1. The van der Waals surface area contributed by atoms with Gasteiger partial charge in [0.2, 0.25) is 0 Å². The Morgan fingerprint density at radius 2 is 1.57 bits per heavy atom. The van der Waals surface area contributed by atoms with Gasteiger partial charge in [-0.15, -0.1) is 0 Å². The van der Waals surface area contributed by atoms with Crippen LogP contribution in [0.1, 0.15) is 31.2 Å². The number of halogens is 2. The number of hydrogen-bond acceptors (Lipinski definition) is 1. The van der Waals surface area contributed by atoms with Crippen molar-refractivity contribution >= 4 is 0 Å². The van der Waals surface area contributed by atoms with Crippen molar-refractivity contribution in [3.8, 4) is 0 Å². The summed E-state index contributed by atoms with van der Waals surface area (Å²) >= 11 is 0. The molecule has 0 amide bonds. The Morgan fingerprint density at radius 1 is 1.07 bits per heavy atom. The Labute approximate surface area is 81.4 Å². The lowest BCUT2D eigenvalue weighted by atomic mass is 9.91. The minimum Gasteiger partial charge on any atom is -0.385 e. The van der Waals surface area contributed by atoms with Gasteiger partial charge in [-0.05, 0) is 25.0 Å². The predicted molar refractivity (Wildman–Crippen MR) is 48.7 cm³/mol. The van der Waals surface area contributed by atoms with Crippen molar-refractivity contribution in [2.24, 2.45) is 0 Å². The van der Waals surface area contributed by atoms with E-state index in [1.165, 1.54) is 18.2 Å². The summed E-state index contributed by atoms with van der Waals surface area (Å²) in [6.45, 7) is 0. The summed E-state index contributed by atoms with van der Waals surface area (Å²) < 4.78 is 26.7. The van der Waals surface area contributed by atoms with Gasteiger partial charge in [-0.25, -0.2) is 8.78 Å². The molecule has 0 aliphatic heterocycles. The molecule has 0 aromatic heterocycles. The van der Waals surface area contributed by atoms with Crippen LogP contribution >= 0.6 is 0 Å². The first-order valence-corrected chi connectivity index (χ1v) is 4.80. The van der Waals surface area contributed by atoms with Gasteiger partial charge < -0.3 is 5.11 Å². The number of hydrogen-bond donors (Lipinski definition) is 1. The smallest absolute Gasteiger partial charge is 0.132 e. The zero-order valence-corrected chi connectivity index (χ0v) is 7.76. The van der Waals surface area contributed by atoms with Gasteiger partial charge in [0, 0.05) is 0 Å². The summed E-state index contributed by atoms with van der Waals surface area (Å²) in [6.07, 6.45) is 2.55. The molecule has 14 heavy (non-hydrogen) atoms. The highest BCUT2D eigenvalue weighted by Gasteiger charge is 2.37. The fourth-order valence-corrected chi connectivity index (χ4v) is 2.15. The van der Waals surface area contributed by atoms with E-state index in [9.17, 15) is 13.9 Å². The number of rotatable bonds is 1. The highest BCUT2D eigenvalue weighted by molar-refractivity contribution is 5.27. The van der Waals surface area contributed by atoms with Crippen LogP contribution in [0.2, 0.25) is 0 Å². The van der Waals surface area contributed by atoms with E-state index in [0.29, 0.717) is 12.8 Å². The summed E-state index contributed by atoms with van der Waals surface area (Å²) in [5.41, 5.74) is -1.44. The number of benzene rings is 1. The molecule has 2 rings (SSSR count). The lowest BCUT2D eigenvalue weighted by Crippen LogP contribution is -2.24. The van der Waals surface area contributed by atoms with Crippen LogP contribution in [-0.4, -0.2) is 5.11 Å². The van der Waals surface area contributed by atoms with Gasteiger partial charge in [0.15, 0.2) is 0 Å². The first-order chi connectivity index (χ1) is 6.63. The standard InChI is InChI=1S/C11H12F2O/c12-8-4-3-5-9(13)10(8)11(14)6-1-2-7-11/h3-5,14H,1-2,6-7H2. The average molecular weight is 198 g/mol. The van der Waals surface area contributed by atoms with Crippen LogP contribution in [0.15, 0.2) is 18.2 Å². The van der Waals surface area contributed by atoms with E-state index < -0.39 is 17.2 Å². The van der Waals surface area contributed by atoms with E-state index in [1.807, 2.05) is 0 Å². The molecule has 1 aromatic carbocycles. The summed E-state index contributed by atoms with van der Waals surface area (Å²) in [5, 5.41) is 10.0. The maximum Gasteiger partial charge on any atom is 0.132 e. The summed E-state index contributed by atoms with van der Waals surface area (Å²) in [5.74, 6) is -1.29. The second kappa shape index (κ2) is 3.31. The molecule has 1 fully saturated rings. The molecule has 1 aliphatic carbocycles.